The van der Waals surface area contributed by atoms with Crippen LogP contribution in [0.3, 0.4) is 0 Å². The molecule has 0 aliphatic rings. The predicted molar refractivity (Wildman–Crippen MR) is 102 cm³/mol. The number of aryl methyl sites for hydroxylation is 1. The molecule has 0 spiro atoms. The van der Waals surface area contributed by atoms with Crippen molar-refractivity contribution in [1.82, 2.24) is 15.0 Å². The summed E-state index contributed by atoms with van der Waals surface area (Å²) in [5.74, 6) is 1.70. The summed E-state index contributed by atoms with van der Waals surface area (Å²) in [6.07, 6.45) is 4.05. The summed E-state index contributed by atoms with van der Waals surface area (Å²) in [5.41, 5.74) is 3.29. The van der Waals surface area contributed by atoms with Gasteiger partial charge in [-0.2, -0.15) is 4.98 Å². The molecule has 0 aliphatic heterocycles. The van der Waals surface area contributed by atoms with E-state index >= 15 is 0 Å². The van der Waals surface area contributed by atoms with Gasteiger partial charge in [0.25, 0.3) is 0 Å². The van der Waals surface area contributed by atoms with Crippen LogP contribution in [0.1, 0.15) is 5.56 Å². The highest BCUT2D eigenvalue weighted by atomic mass is 32.1. The minimum Gasteiger partial charge on any atom is -0.437 e. The number of aromatic nitrogens is 3. The van der Waals surface area contributed by atoms with Crippen molar-refractivity contribution in [3.8, 4) is 23.0 Å². The van der Waals surface area contributed by atoms with Crippen molar-refractivity contribution in [2.75, 3.05) is 5.32 Å². The van der Waals surface area contributed by atoms with Gasteiger partial charge in [-0.15, -0.1) is 11.3 Å². The van der Waals surface area contributed by atoms with Crippen molar-refractivity contribution in [2.24, 2.45) is 0 Å². The van der Waals surface area contributed by atoms with Crippen LogP contribution in [0.4, 0.5) is 5.69 Å². The highest BCUT2D eigenvalue weighted by Crippen LogP contribution is 2.35. The van der Waals surface area contributed by atoms with Crippen molar-refractivity contribution in [2.45, 2.75) is 6.92 Å². The van der Waals surface area contributed by atoms with E-state index in [1.807, 2.05) is 42.6 Å². The lowest BCUT2D eigenvalue weighted by Crippen LogP contribution is -1.98. The fraction of sp³-hybridized carbons (Fsp3) is 0.0526. The van der Waals surface area contributed by atoms with Gasteiger partial charge in [-0.05, 0) is 42.1 Å². The van der Waals surface area contributed by atoms with E-state index in [4.69, 9.17) is 4.74 Å². The number of amides is 1. The molecule has 0 atom stereocenters. The Bertz CT molecular complexity index is 1080. The lowest BCUT2D eigenvalue weighted by atomic mass is 10.2. The zero-order valence-electron chi connectivity index (χ0n) is 13.8. The summed E-state index contributed by atoms with van der Waals surface area (Å²) in [7, 11) is 0. The molecular weight excluding hydrogens is 348 g/mol. The van der Waals surface area contributed by atoms with Crippen LogP contribution in [0, 0.1) is 6.92 Å². The number of pyridine rings is 1. The van der Waals surface area contributed by atoms with Crippen molar-refractivity contribution in [1.29, 1.82) is 0 Å². The number of nitrogens with zero attached hydrogens (tertiary/aromatic N) is 3. The molecule has 0 saturated carbocycles. The maximum atomic E-state index is 10.7. The molecule has 0 aliphatic carbocycles. The van der Waals surface area contributed by atoms with E-state index < -0.39 is 0 Å². The molecule has 1 aromatic carbocycles. The SMILES string of the molecule is Cc1ccc(NC=O)cc1Oc1nc(-c2ccncc2)nc2ccsc12. The Hall–Kier alpha value is -3.32. The van der Waals surface area contributed by atoms with Crippen LogP contribution in [0.5, 0.6) is 11.6 Å². The van der Waals surface area contributed by atoms with Gasteiger partial charge in [0, 0.05) is 29.7 Å². The van der Waals surface area contributed by atoms with Crippen molar-refractivity contribution < 1.29 is 9.53 Å². The molecular formula is C19H14N4O2S. The second-order valence-electron chi connectivity index (χ2n) is 5.57. The third-order valence-electron chi connectivity index (χ3n) is 3.83. The number of carbonyl (C=O) groups excluding carboxylic acids is 1. The van der Waals surface area contributed by atoms with Crippen molar-refractivity contribution in [3.05, 3.63) is 59.7 Å². The number of thiophene rings is 1. The highest BCUT2D eigenvalue weighted by Gasteiger charge is 2.14. The standard InChI is InChI=1S/C19H14N4O2S/c1-12-2-3-14(21-11-24)10-16(12)25-19-17-15(6-9-26-17)22-18(23-19)13-4-7-20-8-5-13/h2-11H,1H3,(H,21,24). The molecule has 0 fully saturated rings. The number of anilines is 1. The van der Waals surface area contributed by atoms with Crippen LogP contribution in [0.15, 0.2) is 54.2 Å². The highest BCUT2D eigenvalue weighted by molar-refractivity contribution is 7.17. The third kappa shape index (κ3) is 3.12. The Labute approximate surface area is 153 Å². The number of hydrogen-bond acceptors (Lipinski definition) is 6. The van der Waals surface area contributed by atoms with Crippen molar-refractivity contribution in [3.63, 3.8) is 0 Å². The van der Waals surface area contributed by atoms with E-state index in [2.05, 4.69) is 20.3 Å². The molecule has 0 unspecified atom stereocenters. The summed E-state index contributed by atoms with van der Waals surface area (Å²) in [5, 5.41) is 4.59. The zero-order chi connectivity index (χ0) is 17.9. The molecule has 1 N–H and O–H groups in total. The number of rotatable bonds is 5. The van der Waals surface area contributed by atoms with Gasteiger partial charge in [0.1, 0.15) is 10.4 Å². The molecule has 0 bridgehead atoms. The molecule has 0 radical (unpaired) electrons. The fourth-order valence-corrected chi connectivity index (χ4v) is 3.26. The van der Waals surface area contributed by atoms with Gasteiger partial charge in [0.15, 0.2) is 5.82 Å². The van der Waals surface area contributed by atoms with Crippen LogP contribution in [-0.2, 0) is 4.79 Å². The predicted octanol–water partition coefficient (Wildman–Crippen LogP) is 4.42. The molecule has 7 heteroatoms. The van der Waals surface area contributed by atoms with Gasteiger partial charge >= 0.3 is 0 Å². The number of ether oxygens (including phenoxy) is 1. The Morgan fingerprint density at radius 2 is 1.96 bits per heavy atom. The van der Waals surface area contributed by atoms with E-state index in [0.29, 0.717) is 29.6 Å². The molecule has 6 nitrogen and oxygen atoms in total. The van der Waals surface area contributed by atoms with Crippen LogP contribution in [-0.4, -0.2) is 21.4 Å². The molecule has 1 amide bonds. The van der Waals surface area contributed by atoms with E-state index in [1.54, 1.807) is 18.5 Å². The summed E-state index contributed by atoms with van der Waals surface area (Å²) >= 11 is 1.52. The summed E-state index contributed by atoms with van der Waals surface area (Å²) in [4.78, 5) is 24.0. The van der Waals surface area contributed by atoms with Gasteiger partial charge in [-0.3, -0.25) is 9.78 Å². The summed E-state index contributed by atoms with van der Waals surface area (Å²) in [6.45, 7) is 1.94. The van der Waals surface area contributed by atoms with Gasteiger partial charge in [0.05, 0.1) is 5.52 Å². The minimum atomic E-state index is 0.489. The Morgan fingerprint density at radius 3 is 2.77 bits per heavy atom. The summed E-state index contributed by atoms with van der Waals surface area (Å²) in [6, 6.07) is 11.1. The monoisotopic (exact) mass is 362 g/mol. The van der Waals surface area contributed by atoms with Crippen LogP contribution in [0.25, 0.3) is 21.6 Å². The first kappa shape index (κ1) is 16.2. The van der Waals surface area contributed by atoms with Crippen LogP contribution in [0.2, 0.25) is 0 Å². The smallest absolute Gasteiger partial charge is 0.240 e. The first-order chi connectivity index (χ1) is 12.7. The second kappa shape index (κ2) is 6.89. The molecule has 128 valence electrons. The van der Waals surface area contributed by atoms with Crippen LogP contribution >= 0.6 is 11.3 Å². The molecule has 4 aromatic rings. The Kier molecular flexibility index (Phi) is 4.28. The van der Waals surface area contributed by atoms with Crippen molar-refractivity contribution >= 4 is 33.7 Å². The Morgan fingerprint density at radius 1 is 1.12 bits per heavy atom. The molecule has 0 saturated heterocycles. The average molecular weight is 362 g/mol. The average Bonchev–Trinajstić information content (AvgIpc) is 3.14. The van der Waals surface area contributed by atoms with E-state index in [-0.39, 0.29) is 0 Å². The maximum absolute atomic E-state index is 10.7. The normalized spacial score (nSPS) is 10.7. The minimum absolute atomic E-state index is 0.489. The Balaban J connectivity index is 1.80. The first-order valence-electron chi connectivity index (χ1n) is 7.89. The molecule has 26 heavy (non-hydrogen) atoms. The zero-order valence-corrected chi connectivity index (χ0v) is 14.7. The van der Waals surface area contributed by atoms with E-state index in [0.717, 1.165) is 21.3 Å². The van der Waals surface area contributed by atoms with Gasteiger partial charge in [-0.1, -0.05) is 6.07 Å². The molecule has 4 rings (SSSR count). The van der Waals surface area contributed by atoms with E-state index in [1.165, 1.54) is 11.3 Å². The lowest BCUT2D eigenvalue weighted by molar-refractivity contribution is -0.105. The maximum Gasteiger partial charge on any atom is 0.240 e. The number of nitrogens with one attached hydrogen (secondary N) is 1. The largest absolute Gasteiger partial charge is 0.437 e. The lowest BCUT2D eigenvalue weighted by Gasteiger charge is -2.11. The second-order valence-corrected chi connectivity index (χ2v) is 6.48. The first-order valence-corrected chi connectivity index (χ1v) is 8.77. The molecule has 3 heterocycles. The van der Waals surface area contributed by atoms with Gasteiger partial charge in [0.2, 0.25) is 12.3 Å². The quantitative estimate of drug-likeness (QED) is 0.532. The molecule has 3 aromatic heterocycles. The summed E-state index contributed by atoms with van der Waals surface area (Å²) < 4.78 is 6.99. The number of fused-ring (bicyclic) bond motifs is 1. The van der Waals surface area contributed by atoms with Gasteiger partial charge in [-0.25, -0.2) is 4.98 Å². The van der Waals surface area contributed by atoms with Gasteiger partial charge < -0.3 is 10.1 Å². The topological polar surface area (TPSA) is 77.0 Å². The van der Waals surface area contributed by atoms with E-state index in [9.17, 15) is 4.79 Å². The third-order valence-corrected chi connectivity index (χ3v) is 4.72. The van der Waals surface area contributed by atoms with Crippen LogP contribution < -0.4 is 10.1 Å². The number of carbonyl (C=O) groups is 1. The number of hydrogen-bond donors (Lipinski definition) is 1. The fourth-order valence-electron chi connectivity index (χ4n) is 2.51. The number of benzene rings is 1.